The molecule has 0 bridgehead atoms. The second kappa shape index (κ2) is 6.69. The van der Waals surface area contributed by atoms with Crippen molar-refractivity contribution in [1.29, 1.82) is 0 Å². The SMILES string of the molecule is COC(=O)C(Cl)CNC(=O)c1ccccc1[N+](=O)[O-]. The summed E-state index contributed by atoms with van der Waals surface area (Å²) < 4.78 is 4.38. The van der Waals surface area contributed by atoms with Crippen LogP contribution in [0.1, 0.15) is 10.4 Å². The van der Waals surface area contributed by atoms with E-state index in [1.807, 2.05) is 0 Å². The fourth-order valence-corrected chi connectivity index (χ4v) is 1.48. The maximum absolute atomic E-state index is 11.8. The largest absolute Gasteiger partial charge is 0.468 e. The monoisotopic (exact) mass is 286 g/mol. The summed E-state index contributed by atoms with van der Waals surface area (Å²) in [6.07, 6.45) is 0. The number of para-hydroxylation sites is 1. The number of carbonyl (C=O) groups excluding carboxylic acids is 2. The number of alkyl halides is 1. The van der Waals surface area contributed by atoms with E-state index in [1.54, 1.807) is 0 Å². The number of nitro groups is 1. The van der Waals surface area contributed by atoms with Gasteiger partial charge in [-0.25, -0.2) is 0 Å². The van der Waals surface area contributed by atoms with Crippen molar-refractivity contribution in [2.45, 2.75) is 5.38 Å². The van der Waals surface area contributed by atoms with Crippen molar-refractivity contribution in [3.8, 4) is 0 Å². The Hall–Kier alpha value is -2.15. The van der Waals surface area contributed by atoms with Gasteiger partial charge < -0.3 is 10.1 Å². The summed E-state index contributed by atoms with van der Waals surface area (Å²) in [7, 11) is 1.17. The van der Waals surface area contributed by atoms with Crippen LogP contribution in [-0.2, 0) is 9.53 Å². The summed E-state index contributed by atoms with van der Waals surface area (Å²) in [6.45, 7) is -0.181. The molecule has 0 aromatic heterocycles. The molecule has 1 amide bonds. The number of nitrogens with zero attached hydrogens (tertiary/aromatic N) is 1. The van der Waals surface area contributed by atoms with Gasteiger partial charge in [0.2, 0.25) is 0 Å². The average molecular weight is 287 g/mol. The minimum atomic E-state index is -1.04. The number of methoxy groups -OCH3 is 1. The molecule has 19 heavy (non-hydrogen) atoms. The Kier molecular flexibility index (Phi) is 5.25. The summed E-state index contributed by atoms with van der Waals surface area (Å²) >= 11 is 5.64. The highest BCUT2D eigenvalue weighted by atomic mass is 35.5. The van der Waals surface area contributed by atoms with Crippen LogP contribution in [0, 0.1) is 10.1 Å². The van der Waals surface area contributed by atoms with Crippen molar-refractivity contribution < 1.29 is 19.2 Å². The summed E-state index contributed by atoms with van der Waals surface area (Å²) in [5.74, 6) is -1.37. The van der Waals surface area contributed by atoms with Crippen molar-refractivity contribution >= 4 is 29.2 Å². The number of ether oxygens (including phenoxy) is 1. The second-order valence-corrected chi connectivity index (χ2v) is 4.00. The number of hydrogen-bond donors (Lipinski definition) is 1. The number of amides is 1. The topological polar surface area (TPSA) is 98.5 Å². The number of nitro benzene ring substituents is 1. The van der Waals surface area contributed by atoms with Gasteiger partial charge in [0.15, 0.2) is 0 Å². The first kappa shape index (κ1) is 14.9. The van der Waals surface area contributed by atoms with Crippen molar-refractivity contribution in [2.24, 2.45) is 0 Å². The zero-order valence-electron chi connectivity index (χ0n) is 9.96. The van der Waals surface area contributed by atoms with E-state index in [4.69, 9.17) is 11.6 Å². The van der Waals surface area contributed by atoms with Crippen LogP contribution in [0.25, 0.3) is 0 Å². The van der Waals surface area contributed by atoms with E-state index >= 15 is 0 Å². The maximum atomic E-state index is 11.8. The Balaban J connectivity index is 2.74. The van der Waals surface area contributed by atoms with Gasteiger partial charge in [0.05, 0.1) is 12.0 Å². The van der Waals surface area contributed by atoms with E-state index in [0.29, 0.717) is 0 Å². The molecule has 1 rings (SSSR count). The third-order valence-corrected chi connectivity index (χ3v) is 2.58. The lowest BCUT2D eigenvalue weighted by atomic mass is 10.1. The predicted molar refractivity (Wildman–Crippen MR) is 67.1 cm³/mol. The second-order valence-electron chi connectivity index (χ2n) is 3.47. The first-order valence-electron chi connectivity index (χ1n) is 5.21. The Labute approximate surface area is 113 Å². The summed E-state index contributed by atoms with van der Waals surface area (Å²) in [5.41, 5.74) is -0.412. The summed E-state index contributed by atoms with van der Waals surface area (Å²) in [5, 5.41) is 12.0. The molecular formula is C11H11ClN2O5. The van der Waals surface area contributed by atoms with Gasteiger partial charge >= 0.3 is 5.97 Å². The van der Waals surface area contributed by atoms with E-state index in [1.165, 1.54) is 31.4 Å². The van der Waals surface area contributed by atoms with Gasteiger partial charge in [-0.05, 0) is 6.07 Å². The molecular weight excluding hydrogens is 276 g/mol. The quantitative estimate of drug-likeness (QED) is 0.378. The van der Waals surface area contributed by atoms with E-state index in [9.17, 15) is 19.7 Å². The number of esters is 1. The first-order valence-corrected chi connectivity index (χ1v) is 5.64. The molecule has 102 valence electrons. The molecule has 1 aromatic carbocycles. The van der Waals surface area contributed by atoms with Crippen LogP contribution in [0.15, 0.2) is 24.3 Å². The highest BCUT2D eigenvalue weighted by molar-refractivity contribution is 6.30. The van der Waals surface area contributed by atoms with E-state index in [0.717, 1.165) is 0 Å². The minimum absolute atomic E-state index is 0.0961. The van der Waals surface area contributed by atoms with Gasteiger partial charge in [0.1, 0.15) is 10.9 Å². The molecule has 0 aliphatic rings. The lowest BCUT2D eigenvalue weighted by Gasteiger charge is -2.09. The van der Waals surface area contributed by atoms with Crippen LogP contribution in [0.3, 0.4) is 0 Å². The van der Waals surface area contributed by atoms with Crippen LogP contribution >= 0.6 is 11.6 Å². The van der Waals surface area contributed by atoms with Gasteiger partial charge in [0.25, 0.3) is 11.6 Å². The zero-order valence-corrected chi connectivity index (χ0v) is 10.7. The number of hydrogen-bond acceptors (Lipinski definition) is 5. The van der Waals surface area contributed by atoms with Gasteiger partial charge in [-0.15, -0.1) is 11.6 Å². The number of benzene rings is 1. The highest BCUT2D eigenvalue weighted by Crippen LogP contribution is 2.17. The molecule has 0 fully saturated rings. The lowest BCUT2D eigenvalue weighted by molar-refractivity contribution is -0.385. The van der Waals surface area contributed by atoms with Crippen LogP contribution in [0.5, 0.6) is 0 Å². The third kappa shape index (κ3) is 3.92. The van der Waals surface area contributed by atoms with Gasteiger partial charge in [-0.2, -0.15) is 0 Å². The Bertz CT molecular complexity index is 506. The summed E-state index contributed by atoms with van der Waals surface area (Å²) in [6, 6.07) is 5.48. The van der Waals surface area contributed by atoms with E-state index in [2.05, 4.69) is 10.1 Å². The fourth-order valence-electron chi connectivity index (χ4n) is 1.31. The number of carbonyl (C=O) groups is 2. The molecule has 1 N–H and O–H groups in total. The van der Waals surface area contributed by atoms with Crippen LogP contribution in [0.4, 0.5) is 5.69 Å². The summed E-state index contributed by atoms with van der Waals surface area (Å²) in [4.78, 5) is 32.9. The van der Waals surface area contributed by atoms with E-state index < -0.39 is 22.2 Å². The van der Waals surface area contributed by atoms with Crippen molar-refractivity contribution in [3.63, 3.8) is 0 Å². The van der Waals surface area contributed by atoms with Crippen LogP contribution in [-0.4, -0.2) is 35.8 Å². The van der Waals surface area contributed by atoms with Gasteiger partial charge in [-0.1, -0.05) is 12.1 Å². The van der Waals surface area contributed by atoms with Crippen molar-refractivity contribution in [1.82, 2.24) is 5.32 Å². The number of halogens is 1. The van der Waals surface area contributed by atoms with Gasteiger partial charge in [-0.3, -0.25) is 19.7 Å². The molecule has 0 aliphatic carbocycles. The van der Waals surface area contributed by atoms with E-state index in [-0.39, 0.29) is 17.8 Å². The molecule has 1 atom stereocenters. The van der Waals surface area contributed by atoms with Crippen LogP contribution < -0.4 is 5.32 Å². The molecule has 0 aliphatic heterocycles. The average Bonchev–Trinajstić information content (AvgIpc) is 2.43. The number of nitrogens with one attached hydrogen (secondary N) is 1. The Morgan fingerprint density at radius 1 is 1.47 bits per heavy atom. The molecule has 0 saturated carbocycles. The molecule has 0 heterocycles. The fraction of sp³-hybridized carbons (Fsp3) is 0.273. The minimum Gasteiger partial charge on any atom is -0.468 e. The number of rotatable bonds is 5. The normalized spacial score (nSPS) is 11.5. The maximum Gasteiger partial charge on any atom is 0.325 e. The van der Waals surface area contributed by atoms with Crippen molar-refractivity contribution in [2.75, 3.05) is 13.7 Å². The molecule has 1 aromatic rings. The predicted octanol–water partition coefficient (Wildman–Crippen LogP) is 1.10. The third-order valence-electron chi connectivity index (χ3n) is 2.24. The molecule has 0 radical (unpaired) electrons. The Morgan fingerprint density at radius 2 is 2.11 bits per heavy atom. The van der Waals surface area contributed by atoms with Crippen molar-refractivity contribution in [3.05, 3.63) is 39.9 Å². The zero-order chi connectivity index (χ0) is 14.4. The van der Waals surface area contributed by atoms with Gasteiger partial charge in [0, 0.05) is 12.6 Å². The molecule has 0 spiro atoms. The van der Waals surface area contributed by atoms with Crippen LogP contribution in [0.2, 0.25) is 0 Å². The smallest absolute Gasteiger partial charge is 0.325 e. The highest BCUT2D eigenvalue weighted by Gasteiger charge is 2.21. The Morgan fingerprint density at radius 3 is 2.68 bits per heavy atom. The molecule has 0 saturated heterocycles. The molecule has 1 unspecified atom stereocenters. The lowest BCUT2D eigenvalue weighted by Crippen LogP contribution is -2.34. The standard InChI is InChI=1S/C11H11ClN2O5/c1-19-11(16)8(12)6-13-10(15)7-4-2-3-5-9(7)14(17)18/h2-5,8H,6H2,1H3,(H,13,15). The molecule has 7 nitrogen and oxygen atoms in total. The molecule has 8 heteroatoms. The first-order chi connectivity index (χ1) is 8.97.